The average molecular weight is 314 g/mol. The normalized spacial score (nSPS) is 10.6. The van der Waals surface area contributed by atoms with Gasteiger partial charge in [-0.15, -0.1) is 0 Å². The predicted molar refractivity (Wildman–Crippen MR) is 53.3 cm³/mol. The number of hydrogen-bond donors (Lipinski definition) is 0. The molecule has 0 unspecified atom stereocenters. The van der Waals surface area contributed by atoms with Gasteiger partial charge in [0.15, 0.2) is 0 Å². The van der Waals surface area contributed by atoms with Crippen molar-refractivity contribution in [1.29, 1.82) is 0 Å². The fraction of sp³-hybridized carbons (Fsp3) is 0.286. The van der Waals surface area contributed by atoms with Gasteiger partial charge in [-0.1, -0.05) is 0 Å². The van der Waals surface area contributed by atoms with E-state index in [0.29, 0.717) is 5.56 Å². The molecule has 1 aromatic rings. The molecule has 0 aromatic carbocycles. The predicted octanol–water partition coefficient (Wildman–Crippen LogP) is 2.84. The maximum absolute atomic E-state index is 12.5. The van der Waals surface area contributed by atoms with Crippen LogP contribution in [0, 0.1) is 20.6 Å². The molecule has 0 saturated heterocycles. The molecule has 7 heteroatoms. The highest BCUT2D eigenvalue weighted by atomic mass is 127. The number of pyridine rings is 1. The number of aromatic nitrogens is 1. The van der Waals surface area contributed by atoms with Gasteiger partial charge in [-0.05, 0) is 39.4 Å². The summed E-state index contributed by atoms with van der Waals surface area (Å²) in [6.07, 6.45) is -1.67. The second-order valence-corrected chi connectivity index (χ2v) is 3.63. The number of nitro groups is 1. The molecule has 1 rings (SSSR count). The molecule has 1 aromatic heterocycles. The smallest absolute Gasteiger partial charge is 0.358 e. The van der Waals surface area contributed by atoms with Crippen molar-refractivity contribution >= 4 is 28.4 Å². The molecular weight excluding hydrogens is 309 g/mol. The number of aryl methyl sites for hydroxylation is 1. The van der Waals surface area contributed by atoms with E-state index in [1.54, 1.807) is 29.5 Å². The molecule has 0 amide bonds. The molecule has 0 aliphatic heterocycles. The number of halogens is 3. The van der Waals surface area contributed by atoms with Crippen molar-refractivity contribution in [2.75, 3.05) is 0 Å². The third kappa shape index (κ3) is 1.97. The summed E-state index contributed by atoms with van der Waals surface area (Å²) < 4.78 is 25.2. The zero-order valence-corrected chi connectivity index (χ0v) is 9.16. The molecule has 0 fully saturated rings. The summed E-state index contributed by atoms with van der Waals surface area (Å²) in [7, 11) is 0. The Hall–Kier alpha value is -0.860. The van der Waals surface area contributed by atoms with Crippen molar-refractivity contribution < 1.29 is 13.7 Å². The molecule has 0 radical (unpaired) electrons. The minimum atomic E-state index is -2.88. The Labute approximate surface area is 91.6 Å². The first-order valence-electron chi connectivity index (χ1n) is 3.52. The van der Waals surface area contributed by atoms with Gasteiger partial charge in [0.1, 0.15) is 11.8 Å². The second-order valence-electron chi connectivity index (χ2n) is 2.55. The molecule has 0 atom stereocenters. The monoisotopic (exact) mass is 314 g/mol. The first-order valence-corrected chi connectivity index (χ1v) is 4.60. The van der Waals surface area contributed by atoms with E-state index in [1.807, 2.05) is 0 Å². The first-order chi connectivity index (χ1) is 6.45. The van der Waals surface area contributed by atoms with Crippen molar-refractivity contribution in [3.05, 3.63) is 31.0 Å². The Bertz CT molecular complexity index is 384. The van der Waals surface area contributed by atoms with Crippen LogP contribution in [-0.4, -0.2) is 9.91 Å². The SMILES string of the molecule is Cc1cnc([N+](=O)[O-])c(C(F)F)c1I. The molecular formula is C7H5F2IN2O2. The lowest BCUT2D eigenvalue weighted by atomic mass is 10.2. The summed E-state index contributed by atoms with van der Waals surface area (Å²) in [5.74, 6) is -0.769. The number of nitrogens with zero attached hydrogens (tertiary/aromatic N) is 2. The van der Waals surface area contributed by atoms with Gasteiger partial charge in [0.2, 0.25) is 0 Å². The highest BCUT2D eigenvalue weighted by Crippen LogP contribution is 2.32. The summed E-state index contributed by atoms with van der Waals surface area (Å²) >= 11 is 1.65. The highest BCUT2D eigenvalue weighted by Gasteiger charge is 2.27. The molecule has 0 bridgehead atoms. The van der Waals surface area contributed by atoms with E-state index in [0.717, 1.165) is 0 Å². The standard InChI is InChI=1S/C7H5F2IN2O2/c1-3-2-11-7(12(13)14)4(5(3)10)6(8)9/h2,6H,1H3. The van der Waals surface area contributed by atoms with Gasteiger partial charge >= 0.3 is 5.82 Å². The van der Waals surface area contributed by atoms with Gasteiger partial charge < -0.3 is 10.1 Å². The van der Waals surface area contributed by atoms with Crippen LogP contribution in [-0.2, 0) is 0 Å². The van der Waals surface area contributed by atoms with E-state index in [-0.39, 0.29) is 3.57 Å². The minimum Gasteiger partial charge on any atom is -0.358 e. The fourth-order valence-corrected chi connectivity index (χ4v) is 1.55. The van der Waals surface area contributed by atoms with Crippen LogP contribution in [0.3, 0.4) is 0 Å². The lowest BCUT2D eigenvalue weighted by Crippen LogP contribution is -2.03. The quantitative estimate of drug-likeness (QED) is 0.479. The molecule has 0 aliphatic rings. The summed E-state index contributed by atoms with van der Waals surface area (Å²) in [5, 5.41) is 10.4. The van der Waals surface area contributed by atoms with Crippen LogP contribution in [0.1, 0.15) is 17.6 Å². The van der Waals surface area contributed by atoms with Crippen molar-refractivity contribution in [3.63, 3.8) is 0 Å². The molecule has 0 N–H and O–H groups in total. The van der Waals surface area contributed by atoms with Crippen LogP contribution < -0.4 is 0 Å². The third-order valence-corrected chi connectivity index (χ3v) is 3.03. The van der Waals surface area contributed by atoms with Gasteiger partial charge in [-0.3, -0.25) is 0 Å². The van der Waals surface area contributed by atoms with Crippen LogP contribution in [0.5, 0.6) is 0 Å². The number of alkyl halides is 2. The molecule has 0 spiro atoms. The summed E-state index contributed by atoms with van der Waals surface area (Å²) in [6, 6.07) is 0. The highest BCUT2D eigenvalue weighted by molar-refractivity contribution is 14.1. The summed E-state index contributed by atoms with van der Waals surface area (Å²) in [5.41, 5.74) is -0.0953. The first kappa shape index (κ1) is 11.2. The van der Waals surface area contributed by atoms with Crippen molar-refractivity contribution in [3.8, 4) is 0 Å². The average Bonchev–Trinajstić information content (AvgIpc) is 2.08. The maximum atomic E-state index is 12.5. The van der Waals surface area contributed by atoms with E-state index < -0.39 is 22.7 Å². The van der Waals surface area contributed by atoms with E-state index in [9.17, 15) is 18.9 Å². The Balaban J connectivity index is 3.45. The van der Waals surface area contributed by atoms with Crippen LogP contribution in [0.15, 0.2) is 6.20 Å². The lowest BCUT2D eigenvalue weighted by molar-refractivity contribution is -0.391. The topological polar surface area (TPSA) is 56.0 Å². The van der Waals surface area contributed by atoms with E-state index >= 15 is 0 Å². The van der Waals surface area contributed by atoms with E-state index in [1.165, 1.54) is 6.20 Å². The van der Waals surface area contributed by atoms with Crippen LogP contribution in [0.25, 0.3) is 0 Å². The molecule has 76 valence electrons. The summed E-state index contributed by atoms with van der Waals surface area (Å²) in [4.78, 5) is 12.9. The van der Waals surface area contributed by atoms with Gasteiger partial charge in [0, 0.05) is 9.13 Å². The van der Waals surface area contributed by atoms with Crippen molar-refractivity contribution in [1.82, 2.24) is 4.98 Å². The summed E-state index contributed by atoms with van der Waals surface area (Å²) in [6.45, 7) is 1.57. The largest absolute Gasteiger partial charge is 0.373 e. The third-order valence-electron chi connectivity index (χ3n) is 1.60. The van der Waals surface area contributed by atoms with Crippen molar-refractivity contribution in [2.24, 2.45) is 0 Å². The van der Waals surface area contributed by atoms with E-state index in [2.05, 4.69) is 4.98 Å². The Kier molecular flexibility index (Phi) is 3.29. The zero-order chi connectivity index (χ0) is 10.9. The van der Waals surface area contributed by atoms with Crippen LogP contribution in [0.2, 0.25) is 0 Å². The number of hydrogen-bond acceptors (Lipinski definition) is 3. The number of rotatable bonds is 2. The molecule has 1 heterocycles. The maximum Gasteiger partial charge on any atom is 0.373 e. The van der Waals surface area contributed by atoms with Crippen LogP contribution in [0.4, 0.5) is 14.6 Å². The molecule has 4 nitrogen and oxygen atoms in total. The minimum absolute atomic E-state index is 0.194. The van der Waals surface area contributed by atoms with Gasteiger partial charge in [0.05, 0.1) is 0 Å². The second kappa shape index (κ2) is 4.11. The van der Waals surface area contributed by atoms with Gasteiger partial charge in [0.25, 0.3) is 6.43 Å². The fourth-order valence-electron chi connectivity index (χ4n) is 0.934. The molecule has 0 saturated carbocycles. The Morgan fingerprint density at radius 3 is 2.64 bits per heavy atom. The Morgan fingerprint density at radius 2 is 2.21 bits per heavy atom. The van der Waals surface area contributed by atoms with E-state index in [4.69, 9.17) is 0 Å². The Morgan fingerprint density at radius 1 is 1.64 bits per heavy atom. The molecule has 0 aliphatic carbocycles. The van der Waals surface area contributed by atoms with Crippen LogP contribution >= 0.6 is 22.6 Å². The van der Waals surface area contributed by atoms with Gasteiger partial charge in [-0.25, -0.2) is 8.78 Å². The van der Waals surface area contributed by atoms with Crippen molar-refractivity contribution in [2.45, 2.75) is 13.3 Å². The molecule has 14 heavy (non-hydrogen) atoms. The van der Waals surface area contributed by atoms with Gasteiger partial charge in [-0.2, -0.15) is 0 Å². The zero-order valence-electron chi connectivity index (χ0n) is 7.00. The lowest BCUT2D eigenvalue weighted by Gasteiger charge is -2.05.